The number of aliphatic imine (C=N–C) groups is 1. The number of thioether (sulfide) groups is 1. The fourth-order valence-electron chi connectivity index (χ4n) is 3.32. The van der Waals surface area contributed by atoms with Crippen molar-refractivity contribution in [1.29, 1.82) is 0 Å². The van der Waals surface area contributed by atoms with E-state index < -0.39 is 0 Å². The minimum Gasteiger partial charge on any atom is -0.493 e. The van der Waals surface area contributed by atoms with Crippen molar-refractivity contribution in [2.75, 3.05) is 7.11 Å². The Labute approximate surface area is 208 Å². The van der Waals surface area contributed by atoms with Gasteiger partial charge in [0.1, 0.15) is 6.61 Å². The summed E-state index contributed by atoms with van der Waals surface area (Å²) in [6.07, 6.45) is 1.90. The van der Waals surface area contributed by atoms with Gasteiger partial charge in [0.2, 0.25) is 0 Å². The highest BCUT2D eigenvalue weighted by molar-refractivity contribution is 14.1. The van der Waals surface area contributed by atoms with Gasteiger partial charge in [0, 0.05) is 12.1 Å². The number of rotatable bonds is 7. The zero-order chi connectivity index (χ0) is 23.4. The molecule has 0 bridgehead atoms. The molecule has 2 aromatic carbocycles. The number of hydrogen-bond acceptors (Lipinski definition) is 5. The van der Waals surface area contributed by atoms with E-state index in [-0.39, 0.29) is 18.0 Å². The summed E-state index contributed by atoms with van der Waals surface area (Å²) in [5.41, 5.74) is 3.19. The number of ether oxygens (including phenoxy) is 2. The molecule has 0 unspecified atom stereocenters. The zero-order valence-corrected chi connectivity index (χ0v) is 22.3. The van der Waals surface area contributed by atoms with Gasteiger partial charge < -0.3 is 9.47 Å². The molecule has 32 heavy (non-hydrogen) atoms. The summed E-state index contributed by atoms with van der Waals surface area (Å²) in [6.45, 7) is 10.6. The van der Waals surface area contributed by atoms with E-state index in [2.05, 4.69) is 46.6 Å². The predicted molar refractivity (Wildman–Crippen MR) is 141 cm³/mol. The smallest absolute Gasteiger partial charge is 0.266 e. The van der Waals surface area contributed by atoms with Gasteiger partial charge in [-0.05, 0) is 98.3 Å². The zero-order valence-electron chi connectivity index (χ0n) is 19.3. The number of nitrogens with zero attached hydrogens (tertiary/aromatic N) is 2. The lowest BCUT2D eigenvalue weighted by molar-refractivity contribution is -0.123. The largest absolute Gasteiger partial charge is 0.493 e. The van der Waals surface area contributed by atoms with Gasteiger partial charge in [-0.1, -0.05) is 29.8 Å². The van der Waals surface area contributed by atoms with Gasteiger partial charge in [0.25, 0.3) is 5.91 Å². The van der Waals surface area contributed by atoms with Gasteiger partial charge in [0.15, 0.2) is 16.7 Å². The maximum absolute atomic E-state index is 13.0. The molecule has 0 N–H and O–H groups in total. The number of halogens is 1. The van der Waals surface area contributed by atoms with Crippen LogP contribution in [0.2, 0.25) is 0 Å². The van der Waals surface area contributed by atoms with Crippen LogP contribution in [0, 0.1) is 10.5 Å². The summed E-state index contributed by atoms with van der Waals surface area (Å²) in [4.78, 5) is 20.1. The minimum atomic E-state index is -0.0156. The summed E-state index contributed by atoms with van der Waals surface area (Å²) < 4.78 is 12.6. The molecule has 5 nitrogen and oxygen atoms in total. The molecule has 0 aliphatic carbocycles. The highest BCUT2D eigenvalue weighted by atomic mass is 127. The van der Waals surface area contributed by atoms with Gasteiger partial charge in [-0.25, -0.2) is 0 Å². The summed E-state index contributed by atoms with van der Waals surface area (Å²) in [5.74, 6) is 1.33. The molecule has 0 spiro atoms. The van der Waals surface area contributed by atoms with Crippen LogP contribution < -0.4 is 9.47 Å². The van der Waals surface area contributed by atoms with Crippen LogP contribution in [-0.4, -0.2) is 35.2 Å². The third kappa shape index (κ3) is 5.86. The Kier molecular flexibility index (Phi) is 8.27. The van der Waals surface area contributed by atoms with E-state index in [9.17, 15) is 4.79 Å². The van der Waals surface area contributed by atoms with Crippen LogP contribution in [0.5, 0.6) is 11.5 Å². The van der Waals surface area contributed by atoms with Crippen molar-refractivity contribution in [3.05, 3.63) is 61.6 Å². The molecular formula is C25H29IN2O3S. The van der Waals surface area contributed by atoms with Gasteiger partial charge in [0.05, 0.1) is 15.6 Å². The number of carbonyl (C=O) groups is 1. The van der Waals surface area contributed by atoms with Gasteiger partial charge >= 0.3 is 0 Å². The van der Waals surface area contributed by atoms with E-state index in [1.165, 1.54) is 17.3 Å². The molecule has 3 rings (SSSR count). The van der Waals surface area contributed by atoms with E-state index in [0.717, 1.165) is 19.9 Å². The standard InChI is InChI=1S/C25H29IN2O3S/c1-15(2)27-25-28(16(3)4)24(29)22(32-25)13-19-11-20(26)23(21(12-19)30-6)31-14-18-9-7-8-17(5)10-18/h7-13,15-16H,14H2,1-6H3/b22-13+,27-25?. The van der Waals surface area contributed by atoms with Crippen molar-refractivity contribution < 1.29 is 14.3 Å². The summed E-state index contributed by atoms with van der Waals surface area (Å²) in [5, 5.41) is 0.756. The number of benzene rings is 2. The summed E-state index contributed by atoms with van der Waals surface area (Å²) in [7, 11) is 1.63. The second-order valence-electron chi connectivity index (χ2n) is 8.20. The third-order valence-corrected chi connectivity index (χ3v) is 6.54. The van der Waals surface area contributed by atoms with Crippen LogP contribution in [-0.2, 0) is 11.4 Å². The first kappa shape index (κ1) is 24.6. The number of aryl methyl sites for hydroxylation is 1. The monoisotopic (exact) mass is 564 g/mol. The summed E-state index contributed by atoms with van der Waals surface area (Å²) in [6, 6.07) is 12.3. The van der Waals surface area contributed by atoms with E-state index >= 15 is 0 Å². The molecule has 0 atom stereocenters. The number of hydrogen-bond donors (Lipinski definition) is 0. The Morgan fingerprint density at radius 2 is 1.94 bits per heavy atom. The van der Waals surface area contributed by atoms with Crippen LogP contribution in [0.3, 0.4) is 0 Å². The van der Waals surface area contributed by atoms with Gasteiger partial charge in [-0.15, -0.1) is 0 Å². The first-order valence-electron chi connectivity index (χ1n) is 10.6. The molecule has 2 aromatic rings. The Balaban J connectivity index is 1.88. The fraction of sp³-hybridized carbons (Fsp3) is 0.360. The molecule has 1 aliphatic heterocycles. The molecule has 170 valence electrons. The fourth-order valence-corrected chi connectivity index (χ4v) is 5.34. The van der Waals surface area contributed by atoms with Gasteiger partial charge in [-0.2, -0.15) is 0 Å². The van der Waals surface area contributed by atoms with Crippen molar-refractivity contribution in [1.82, 2.24) is 4.90 Å². The minimum absolute atomic E-state index is 0.0156. The van der Waals surface area contributed by atoms with E-state index in [1.807, 2.05) is 58.0 Å². The molecule has 0 saturated carbocycles. The van der Waals surface area contributed by atoms with Gasteiger partial charge in [-0.3, -0.25) is 14.7 Å². The topological polar surface area (TPSA) is 51.1 Å². The predicted octanol–water partition coefficient (Wildman–Crippen LogP) is 6.28. The van der Waals surface area contributed by atoms with Crippen LogP contribution >= 0.6 is 34.4 Å². The lowest BCUT2D eigenvalue weighted by atomic mass is 10.1. The normalized spacial score (nSPS) is 16.7. The maximum atomic E-state index is 13.0. The van der Waals surface area contributed by atoms with Crippen molar-refractivity contribution in [2.45, 2.75) is 53.3 Å². The van der Waals surface area contributed by atoms with E-state index in [1.54, 1.807) is 12.0 Å². The van der Waals surface area contributed by atoms with Crippen molar-refractivity contribution in [2.24, 2.45) is 4.99 Å². The average molecular weight is 564 g/mol. The van der Waals surface area contributed by atoms with Crippen molar-refractivity contribution in [3.8, 4) is 11.5 Å². The molecular weight excluding hydrogens is 535 g/mol. The van der Waals surface area contributed by atoms with Crippen molar-refractivity contribution in [3.63, 3.8) is 0 Å². The molecule has 1 saturated heterocycles. The molecule has 1 aliphatic rings. The van der Waals surface area contributed by atoms with Crippen LogP contribution in [0.4, 0.5) is 0 Å². The van der Waals surface area contributed by atoms with Crippen molar-refractivity contribution >= 4 is 51.5 Å². The number of amides is 1. The number of amidine groups is 1. The second kappa shape index (κ2) is 10.7. The molecule has 0 radical (unpaired) electrons. The lowest BCUT2D eigenvalue weighted by Crippen LogP contribution is -2.35. The Bertz CT molecular complexity index is 1060. The Hall–Kier alpha value is -2.00. The SMILES string of the molecule is COc1cc(/C=C2/SC(=NC(C)C)N(C(C)C)C2=O)cc(I)c1OCc1cccc(C)c1. The first-order valence-corrected chi connectivity index (χ1v) is 12.5. The highest BCUT2D eigenvalue weighted by Crippen LogP contribution is 2.38. The second-order valence-corrected chi connectivity index (χ2v) is 10.4. The van der Waals surface area contributed by atoms with E-state index in [4.69, 9.17) is 9.47 Å². The average Bonchev–Trinajstić information content (AvgIpc) is 3.01. The molecule has 1 amide bonds. The lowest BCUT2D eigenvalue weighted by Gasteiger charge is -2.20. The summed E-state index contributed by atoms with van der Waals surface area (Å²) >= 11 is 3.67. The number of carbonyl (C=O) groups excluding carboxylic acids is 1. The number of methoxy groups -OCH3 is 1. The highest BCUT2D eigenvalue weighted by Gasteiger charge is 2.35. The molecule has 1 heterocycles. The molecule has 0 aromatic heterocycles. The maximum Gasteiger partial charge on any atom is 0.266 e. The Morgan fingerprint density at radius 1 is 1.19 bits per heavy atom. The van der Waals surface area contributed by atoms with Crippen LogP contribution in [0.1, 0.15) is 44.4 Å². The third-order valence-electron chi connectivity index (χ3n) is 4.74. The first-order chi connectivity index (χ1) is 15.2. The Morgan fingerprint density at radius 3 is 2.56 bits per heavy atom. The molecule has 7 heteroatoms. The van der Waals surface area contributed by atoms with Crippen LogP contribution in [0.15, 0.2) is 46.3 Å². The quantitative estimate of drug-likeness (QED) is 0.294. The van der Waals surface area contributed by atoms with Crippen LogP contribution in [0.25, 0.3) is 6.08 Å². The van der Waals surface area contributed by atoms with E-state index in [0.29, 0.717) is 23.0 Å². The molecule has 1 fully saturated rings.